The van der Waals surface area contributed by atoms with Crippen molar-refractivity contribution in [3.05, 3.63) is 57.6 Å². The highest BCUT2D eigenvalue weighted by atomic mass is 35.5. The summed E-state index contributed by atoms with van der Waals surface area (Å²) in [5.41, 5.74) is 4.16. The van der Waals surface area contributed by atoms with Crippen LogP contribution in [0.1, 0.15) is 29.8 Å². The fraction of sp³-hybridized carbons (Fsp3) is 0.222. The van der Waals surface area contributed by atoms with Crippen molar-refractivity contribution in [3.63, 3.8) is 0 Å². The monoisotopic (exact) mass is 379 g/mol. The maximum atomic E-state index is 12.0. The number of nitrogens with zero attached hydrogens (tertiary/aromatic N) is 2. The van der Waals surface area contributed by atoms with Crippen LogP contribution in [-0.2, 0) is 0 Å². The van der Waals surface area contributed by atoms with Crippen molar-refractivity contribution >= 4 is 41.0 Å². The molecule has 0 saturated heterocycles. The molecule has 0 radical (unpaired) electrons. The molecule has 0 aliphatic rings. The molecule has 132 valence electrons. The number of hydrazone groups is 1. The van der Waals surface area contributed by atoms with E-state index >= 15 is 0 Å². The molecule has 5 nitrogen and oxygen atoms in total. The molecule has 0 atom stereocenters. The number of phenolic OH excluding ortho intramolecular Hbond substituents is 1. The first kappa shape index (κ1) is 19.1. The van der Waals surface area contributed by atoms with Crippen LogP contribution in [0.3, 0.4) is 0 Å². The average Bonchev–Trinajstić information content (AvgIpc) is 2.60. The number of hydrogen-bond acceptors (Lipinski definition) is 4. The molecule has 0 aliphatic heterocycles. The molecule has 1 amide bonds. The van der Waals surface area contributed by atoms with Crippen molar-refractivity contribution in [2.24, 2.45) is 5.10 Å². The molecule has 0 bridgehead atoms. The van der Waals surface area contributed by atoms with Gasteiger partial charge in [-0.1, -0.05) is 23.2 Å². The molecule has 0 fully saturated rings. The second kappa shape index (κ2) is 8.74. The van der Waals surface area contributed by atoms with Crippen LogP contribution in [0.25, 0.3) is 0 Å². The SMILES string of the molecule is CCN(CC)c1ccc(/C=N/NC(=O)c2ccc(Cl)c(Cl)c2)c(O)c1. The Morgan fingerprint density at radius 3 is 2.48 bits per heavy atom. The molecular formula is C18H19Cl2N3O2. The molecule has 0 aromatic heterocycles. The van der Waals surface area contributed by atoms with Crippen molar-refractivity contribution in [2.45, 2.75) is 13.8 Å². The second-order valence-corrected chi connectivity index (χ2v) is 6.06. The van der Waals surface area contributed by atoms with E-state index in [1.807, 2.05) is 6.07 Å². The Hall–Kier alpha value is -2.24. The smallest absolute Gasteiger partial charge is 0.271 e. The lowest BCUT2D eigenvalue weighted by molar-refractivity contribution is 0.0955. The van der Waals surface area contributed by atoms with E-state index in [0.29, 0.717) is 21.2 Å². The fourth-order valence-electron chi connectivity index (χ4n) is 2.29. The molecule has 25 heavy (non-hydrogen) atoms. The summed E-state index contributed by atoms with van der Waals surface area (Å²) in [6.07, 6.45) is 1.39. The molecule has 2 aromatic carbocycles. The maximum absolute atomic E-state index is 12.0. The number of aromatic hydroxyl groups is 1. The van der Waals surface area contributed by atoms with Crippen LogP contribution in [0.15, 0.2) is 41.5 Å². The molecule has 0 aliphatic carbocycles. The predicted molar refractivity (Wildman–Crippen MR) is 103 cm³/mol. The third-order valence-electron chi connectivity index (χ3n) is 3.69. The Kier molecular flexibility index (Phi) is 6.67. The van der Waals surface area contributed by atoms with E-state index in [2.05, 4.69) is 29.3 Å². The van der Waals surface area contributed by atoms with E-state index in [0.717, 1.165) is 18.8 Å². The van der Waals surface area contributed by atoms with E-state index < -0.39 is 5.91 Å². The highest BCUT2D eigenvalue weighted by molar-refractivity contribution is 6.42. The standard InChI is InChI=1S/C18H19Cl2N3O2/c1-3-23(4-2)14-7-5-13(17(24)10-14)11-21-22-18(25)12-6-8-15(19)16(20)9-12/h5-11,24H,3-4H2,1-2H3,(H,22,25)/b21-11+. The number of carbonyl (C=O) groups is 1. The summed E-state index contributed by atoms with van der Waals surface area (Å²) in [7, 11) is 0. The third-order valence-corrected chi connectivity index (χ3v) is 4.43. The molecule has 0 heterocycles. The van der Waals surface area contributed by atoms with Gasteiger partial charge in [-0.05, 0) is 44.2 Å². The number of amides is 1. The fourth-order valence-corrected chi connectivity index (χ4v) is 2.59. The van der Waals surface area contributed by atoms with Gasteiger partial charge in [-0.15, -0.1) is 0 Å². The topological polar surface area (TPSA) is 64.9 Å². The number of nitrogens with one attached hydrogen (secondary N) is 1. The number of carbonyl (C=O) groups excluding carboxylic acids is 1. The van der Waals surface area contributed by atoms with Gasteiger partial charge in [0.2, 0.25) is 0 Å². The van der Waals surface area contributed by atoms with Crippen molar-refractivity contribution in [1.29, 1.82) is 0 Å². The van der Waals surface area contributed by atoms with Crippen LogP contribution in [0, 0.1) is 0 Å². The van der Waals surface area contributed by atoms with Crippen LogP contribution in [-0.4, -0.2) is 30.3 Å². The van der Waals surface area contributed by atoms with Crippen molar-refractivity contribution in [2.75, 3.05) is 18.0 Å². The zero-order valence-electron chi connectivity index (χ0n) is 14.0. The first-order valence-electron chi connectivity index (χ1n) is 7.82. The van der Waals surface area contributed by atoms with E-state index in [1.54, 1.807) is 24.3 Å². The maximum Gasteiger partial charge on any atom is 0.271 e. The number of phenols is 1. The summed E-state index contributed by atoms with van der Waals surface area (Å²) in [4.78, 5) is 14.1. The molecule has 2 rings (SSSR count). The van der Waals surface area contributed by atoms with Gasteiger partial charge in [0.15, 0.2) is 0 Å². The summed E-state index contributed by atoms with van der Waals surface area (Å²) in [6, 6.07) is 9.88. The molecule has 7 heteroatoms. The predicted octanol–water partition coefficient (Wildman–Crippen LogP) is 4.31. The second-order valence-electron chi connectivity index (χ2n) is 5.24. The summed E-state index contributed by atoms with van der Waals surface area (Å²) in [6.45, 7) is 5.80. The van der Waals surface area contributed by atoms with Crippen LogP contribution in [0.4, 0.5) is 5.69 Å². The van der Waals surface area contributed by atoms with Gasteiger partial charge in [0, 0.05) is 36.0 Å². The number of anilines is 1. The van der Waals surface area contributed by atoms with Crippen molar-refractivity contribution < 1.29 is 9.90 Å². The molecule has 2 N–H and O–H groups in total. The Balaban J connectivity index is 2.06. The quantitative estimate of drug-likeness (QED) is 0.580. The lowest BCUT2D eigenvalue weighted by Gasteiger charge is -2.21. The molecule has 0 unspecified atom stereocenters. The zero-order chi connectivity index (χ0) is 18.4. The minimum absolute atomic E-state index is 0.0944. The van der Waals surface area contributed by atoms with Gasteiger partial charge in [-0.2, -0.15) is 5.10 Å². The average molecular weight is 380 g/mol. The lowest BCUT2D eigenvalue weighted by atomic mass is 10.2. The van der Waals surface area contributed by atoms with E-state index in [4.69, 9.17) is 23.2 Å². The largest absolute Gasteiger partial charge is 0.507 e. The number of rotatable bonds is 6. The van der Waals surface area contributed by atoms with Crippen LogP contribution < -0.4 is 10.3 Å². The summed E-state index contributed by atoms with van der Waals surface area (Å²) < 4.78 is 0. The Morgan fingerprint density at radius 1 is 1.16 bits per heavy atom. The number of halogens is 2. The van der Waals surface area contributed by atoms with Gasteiger partial charge >= 0.3 is 0 Å². The molecule has 0 saturated carbocycles. The third kappa shape index (κ3) is 4.87. The van der Waals surface area contributed by atoms with Crippen LogP contribution >= 0.6 is 23.2 Å². The highest BCUT2D eigenvalue weighted by Crippen LogP contribution is 2.24. The van der Waals surface area contributed by atoms with Gasteiger partial charge < -0.3 is 10.0 Å². The van der Waals surface area contributed by atoms with Crippen molar-refractivity contribution in [1.82, 2.24) is 5.43 Å². The summed E-state index contributed by atoms with van der Waals surface area (Å²) in [5.74, 6) is -0.328. The van der Waals surface area contributed by atoms with Crippen LogP contribution in [0.2, 0.25) is 10.0 Å². The van der Waals surface area contributed by atoms with Gasteiger partial charge in [0.1, 0.15) is 5.75 Å². The molecule has 0 spiro atoms. The van der Waals surface area contributed by atoms with E-state index in [-0.39, 0.29) is 5.75 Å². The van der Waals surface area contributed by atoms with Crippen LogP contribution in [0.5, 0.6) is 5.75 Å². The number of benzene rings is 2. The van der Waals surface area contributed by atoms with Gasteiger partial charge in [0.25, 0.3) is 5.91 Å². The van der Waals surface area contributed by atoms with Crippen molar-refractivity contribution in [3.8, 4) is 5.75 Å². The van der Waals surface area contributed by atoms with E-state index in [1.165, 1.54) is 12.3 Å². The molecule has 2 aromatic rings. The lowest BCUT2D eigenvalue weighted by Crippen LogP contribution is -2.21. The van der Waals surface area contributed by atoms with Gasteiger partial charge in [-0.25, -0.2) is 5.43 Å². The van der Waals surface area contributed by atoms with Gasteiger partial charge in [-0.3, -0.25) is 4.79 Å². The summed E-state index contributed by atoms with van der Waals surface area (Å²) in [5, 5.41) is 14.7. The Morgan fingerprint density at radius 2 is 1.88 bits per heavy atom. The Labute approximate surface area is 156 Å². The minimum atomic E-state index is -0.422. The highest BCUT2D eigenvalue weighted by Gasteiger charge is 2.08. The summed E-state index contributed by atoms with van der Waals surface area (Å²) >= 11 is 11.7. The number of hydrogen-bond donors (Lipinski definition) is 2. The first-order chi connectivity index (χ1) is 12.0. The zero-order valence-corrected chi connectivity index (χ0v) is 15.5. The minimum Gasteiger partial charge on any atom is -0.507 e. The normalized spacial score (nSPS) is 10.9. The Bertz CT molecular complexity index is 790. The molecular weight excluding hydrogens is 361 g/mol. The first-order valence-corrected chi connectivity index (χ1v) is 8.58. The van der Waals surface area contributed by atoms with Gasteiger partial charge in [0.05, 0.1) is 16.3 Å². The van der Waals surface area contributed by atoms with E-state index in [9.17, 15) is 9.90 Å².